The van der Waals surface area contributed by atoms with E-state index in [0.717, 1.165) is 0 Å². The van der Waals surface area contributed by atoms with Crippen LogP contribution in [0.1, 0.15) is 0 Å². The summed E-state index contributed by atoms with van der Waals surface area (Å²) in [7, 11) is 0. The van der Waals surface area contributed by atoms with E-state index >= 15 is 0 Å². The fraction of sp³-hybridized carbons (Fsp3) is 0. The van der Waals surface area contributed by atoms with Crippen molar-refractivity contribution in [3.05, 3.63) is 25.3 Å². The van der Waals surface area contributed by atoms with Crippen molar-refractivity contribution in [3.63, 3.8) is 0 Å². The number of nitrogen functional groups attached to an aromatic ring is 2. The van der Waals surface area contributed by atoms with E-state index in [-0.39, 0.29) is 11.9 Å². The fourth-order valence-electron chi connectivity index (χ4n) is 0.496. The largest absolute Gasteiger partial charge is 0.368 e. The summed E-state index contributed by atoms with van der Waals surface area (Å²) in [6, 6.07) is 0. The summed E-state index contributed by atoms with van der Waals surface area (Å²) in [5.41, 5.74) is 10.2. The Balaban J connectivity index is 0.000000140. The van der Waals surface area contributed by atoms with Gasteiger partial charge in [-0.25, -0.2) is 29.9 Å². The van der Waals surface area contributed by atoms with Crippen molar-refractivity contribution in [2.75, 3.05) is 11.5 Å². The second kappa shape index (κ2) is 5.30. The van der Waals surface area contributed by atoms with Crippen molar-refractivity contribution >= 4 is 11.9 Å². The molecule has 8 nitrogen and oxygen atoms in total. The van der Waals surface area contributed by atoms with Gasteiger partial charge in [0.15, 0.2) is 0 Å². The minimum absolute atomic E-state index is 0.259. The highest BCUT2D eigenvalue weighted by atomic mass is 15.0. The summed E-state index contributed by atoms with van der Waals surface area (Å²) in [6.45, 7) is 0. The Hall–Kier alpha value is -2.38. The summed E-state index contributed by atoms with van der Waals surface area (Å²) in [4.78, 5) is 21.2. The molecule has 0 radical (unpaired) electrons. The van der Waals surface area contributed by atoms with Gasteiger partial charge in [0.25, 0.3) is 0 Å². The van der Waals surface area contributed by atoms with Gasteiger partial charge < -0.3 is 11.5 Å². The quantitative estimate of drug-likeness (QED) is 0.538. The summed E-state index contributed by atoms with van der Waals surface area (Å²) < 4.78 is 0. The van der Waals surface area contributed by atoms with Gasteiger partial charge in [-0.2, -0.15) is 0 Å². The average molecular weight is 192 g/mol. The summed E-state index contributed by atoms with van der Waals surface area (Å²) >= 11 is 0. The number of nitrogens with two attached hydrogens (primary N) is 2. The molecule has 8 heteroatoms. The van der Waals surface area contributed by atoms with Gasteiger partial charge in [0.2, 0.25) is 11.9 Å². The lowest BCUT2D eigenvalue weighted by atomic mass is 11.0. The lowest BCUT2D eigenvalue weighted by Crippen LogP contribution is -1.92. The van der Waals surface area contributed by atoms with Crippen LogP contribution in [0.2, 0.25) is 0 Å². The molecule has 2 aromatic heterocycles. The van der Waals surface area contributed by atoms with E-state index in [2.05, 4.69) is 29.9 Å². The van der Waals surface area contributed by atoms with Crippen molar-refractivity contribution in [1.82, 2.24) is 29.9 Å². The Kier molecular flexibility index (Phi) is 3.67. The molecule has 0 saturated carbocycles. The van der Waals surface area contributed by atoms with Crippen LogP contribution in [0.3, 0.4) is 0 Å². The third kappa shape index (κ3) is 3.85. The van der Waals surface area contributed by atoms with Crippen LogP contribution in [-0.2, 0) is 0 Å². The molecule has 2 rings (SSSR count). The molecular formula is C6H8N8. The SMILES string of the molecule is Nc1ncncn1.Nc1ncncn1. The molecule has 0 aromatic carbocycles. The van der Waals surface area contributed by atoms with Crippen LogP contribution in [0.15, 0.2) is 25.3 Å². The van der Waals surface area contributed by atoms with E-state index in [9.17, 15) is 0 Å². The predicted octanol–water partition coefficient (Wildman–Crippen LogP) is -1.09. The van der Waals surface area contributed by atoms with Crippen LogP contribution < -0.4 is 11.5 Å². The number of nitrogens with zero attached hydrogens (tertiary/aromatic N) is 6. The van der Waals surface area contributed by atoms with Gasteiger partial charge in [-0.3, -0.25) is 0 Å². The molecule has 0 unspecified atom stereocenters. The fourth-order valence-corrected chi connectivity index (χ4v) is 0.496. The van der Waals surface area contributed by atoms with E-state index in [0.29, 0.717) is 0 Å². The van der Waals surface area contributed by atoms with Crippen LogP contribution in [0.4, 0.5) is 11.9 Å². The van der Waals surface area contributed by atoms with Crippen LogP contribution in [0.25, 0.3) is 0 Å². The van der Waals surface area contributed by atoms with Crippen molar-refractivity contribution < 1.29 is 0 Å². The Labute approximate surface area is 79.5 Å². The smallest absolute Gasteiger partial charge is 0.222 e. The van der Waals surface area contributed by atoms with Gasteiger partial charge in [-0.05, 0) is 0 Å². The standard InChI is InChI=1S/2C3H4N4/c2*4-3-6-1-5-2-7-3/h2*1-2H,(H2,4,5,6,7). The zero-order valence-electron chi connectivity index (χ0n) is 7.15. The summed E-state index contributed by atoms with van der Waals surface area (Å²) in [5, 5.41) is 0. The number of hydrogen-bond donors (Lipinski definition) is 2. The van der Waals surface area contributed by atoms with Gasteiger partial charge in [0, 0.05) is 0 Å². The maximum atomic E-state index is 5.10. The molecule has 14 heavy (non-hydrogen) atoms. The molecule has 0 atom stereocenters. The van der Waals surface area contributed by atoms with E-state index in [4.69, 9.17) is 11.5 Å². The second-order valence-corrected chi connectivity index (χ2v) is 1.99. The van der Waals surface area contributed by atoms with Gasteiger partial charge in [-0.1, -0.05) is 0 Å². The molecule has 72 valence electrons. The highest BCUT2D eigenvalue weighted by Crippen LogP contribution is 1.78. The van der Waals surface area contributed by atoms with E-state index in [1.54, 1.807) is 0 Å². The molecule has 0 bridgehead atoms. The van der Waals surface area contributed by atoms with Crippen molar-refractivity contribution in [3.8, 4) is 0 Å². The van der Waals surface area contributed by atoms with E-state index in [1.807, 2.05) is 0 Å². The summed E-state index contributed by atoms with van der Waals surface area (Å²) in [6.07, 6.45) is 5.40. The molecule has 0 saturated heterocycles. The van der Waals surface area contributed by atoms with Gasteiger partial charge in [0.05, 0.1) is 0 Å². The van der Waals surface area contributed by atoms with Crippen LogP contribution in [0.5, 0.6) is 0 Å². The topological polar surface area (TPSA) is 129 Å². The molecule has 0 aliphatic rings. The molecule has 0 spiro atoms. The molecule has 2 aromatic rings. The third-order valence-corrected chi connectivity index (χ3v) is 1.03. The van der Waals surface area contributed by atoms with Crippen molar-refractivity contribution in [2.24, 2.45) is 0 Å². The first kappa shape index (κ1) is 9.71. The molecule has 0 fully saturated rings. The Bertz CT molecular complexity index is 311. The molecule has 0 aliphatic heterocycles. The van der Waals surface area contributed by atoms with Crippen molar-refractivity contribution in [2.45, 2.75) is 0 Å². The molecule has 2 heterocycles. The van der Waals surface area contributed by atoms with E-state index < -0.39 is 0 Å². The Morgan fingerprint density at radius 1 is 0.643 bits per heavy atom. The lowest BCUT2D eigenvalue weighted by molar-refractivity contribution is 1.06. The zero-order valence-corrected chi connectivity index (χ0v) is 7.15. The number of anilines is 2. The second-order valence-electron chi connectivity index (χ2n) is 1.99. The molecule has 0 amide bonds. The molecule has 0 aliphatic carbocycles. The first-order valence-corrected chi connectivity index (χ1v) is 3.54. The first-order chi connectivity index (χ1) is 6.79. The Morgan fingerprint density at radius 3 is 1.07 bits per heavy atom. The van der Waals surface area contributed by atoms with E-state index in [1.165, 1.54) is 25.3 Å². The maximum Gasteiger partial charge on any atom is 0.222 e. The first-order valence-electron chi connectivity index (χ1n) is 3.54. The highest BCUT2D eigenvalue weighted by molar-refractivity contribution is 5.09. The van der Waals surface area contributed by atoms with Gasteiger partial charge in [0.1, 0.15) is 25.3 Å². The third-order valence-electron chi connectivity index (χ3n) is 1.03. The monoisotopic (exact) mass is 192 g/mol. The lowest BCUT2D eigenvalue weighted by Gasteiger charge is -1.81. The minimum atomic E-state index is 0.259. The molecule has 4 N–H and O–H groups in total. The van der Waals surface area contributed by atoms with Crippen LogP contribution in [-0.4, -0.2) is 29.9 Å². The van der Waals surface area contributed by atoms with Gasteiger partial charge in [-0.15, -0.1) is 0 Å². The zero-order chi connectivity index (χ0) is 10.2. The maximum absolute atomic E-state index is 5.10. The normalized spacial score (nSPS) is 8.57. The number of aromatic nitrogens is 6. The highest BCUT2D eigenvalue weighted by Gasteiger charge is 1.76. The van der Waals surface area contributed by atoms with Gasteiger partial charge >= 0.3 is 0 Å². The summed E-state index contributed by atoms with van der Waals surface area (Å²) in [5.74, 6) is 0.519. The minimum Gasteiger partial charge on any atom is -0.368 e. The Morgan fingerprint density at radius 2 is 0.929 bits per heavy atom. The van der Waals surface area contributed by atoms with Crippen LogP contribution >= 0.6 is 0 Å². The van der Waals surface area contributed by atoms with Crippen molar-refractivity contribution in [1.29, 1.82) is 0 Å². The average Bonchev–Trinajstić information content (AvgIpc) is 2.21. The number of rotatable bonds is 0. The number of hydrogen-bond acceptors (Lipinski definition) is 8. The predicted molar refractivity (Wildman–Crippen MR) is 48.5 cm³/mol. The molecular weight excluding hydrogens is 184 g/mol. The van der Waals surface area contributed by atoms with Crippen LogP contribution in [0, 0.1) is 0 Å².